The zero-order chi connectivity index (χ0) is 12.8. The third kappa shape index (κ3) is 4.10. The maximum absolute atomic E-state index is 10.7. The molecular formula is C16H29NO. The number of unbranched alkanes of at least 4 members (excludes halogenated alkanes) is 4. The zero-order valence-electron chi connectivity index (χ0n) is 11.7. The zero-order valence-corrected chi connectivity index (χ0v) is 11.7. The summed E-state index contributed by atoms with van der Waals surface area (Å²) in [4.78, 5) is 0. The fourth-order valence-corrected chi connectivity index (χ4v) is 3.73. The normalized spacial score (nSPS) is 35.4. The van der Waals surface area contributed by atoms with Crippen LogP contribution in [0.5, 0.6) is 0 Å². The number of hydrogen-bond acceptors (Lipinski definition) is 2. The van der Waals surface area contributed by atoms with Gasteiger partial charge in [-0.15, -0.1) is 6.58 Å². The van der Waals surface area contributed by atoms with Gasteiger partial charge in [-0.05, 0) is 44.9 Å². The first kappa shape index (κ1) is 14.1. The highest BCUT2D eigenvalue weighted by Crippen LogP contribution is 2.35. The van der Waals surface area contributed by atoms with Crippen molar-refractivity contribution >= 4 is 0 Å². The van der Waals surface area contributed by atoms with Crippen molar-refractivity contribution in [3.8, 4) is 0 Å². The van der Waals surface area contributed by atoms with Crippen molar-refractivity contribution < 1.29 is 5.11 Å². The summed E-state index contributed by atoms with van der Waals surface area (Å²) in [6, 6.07) is 1.17. The molecular weight excluding hydrogens is 222 g/mol. The monoisotopic (exact) mass is 251 g/mol. The Kier molecular flexibility index (Phi) is 5.25. The molecule has 2 aliphatic rings. The average molecular weight is 251 g/mol. The van der Waals surface area contributed by atoms with E-state index in [1.165, 1.54) is 44.9 Å². The van der Waals surface area contributed by atoms with E-state index in [4.69, 9.17) is 0 Å². The van der Waals surface area contributed by atoms with Crippen LogP contribution in [-0.2, 0) is 0 Å². The van der Waals surface area contributed by atoms with Crippen molar-refractivity contribution in [2.75, 3.05) is 0 Å². The lowest BCUT2D eigenvalue weighted by molar-refractivity contribution is -0.0387. The topological polar surface area (TPSA) is 32.3 Å². The Bertz CT molecular complexity index is 252. The van der Waals surface area contributed by atoms with Crippen molar-refractivity contribution in [1.82, 2.24) is 5.32 Å². The number of aliphatic hydroxyl groups is 1. The molecule has 0 saturated carbocycles. The van der Waals surface area contributed by atoms with Crippen LogP contribution < -0.4 is 5.32 Å². The van der Waals surface area contributed by atoms with Gasteiger partial charge < -0.3 is 10.4 Å². The second-order valence-corrected chi connectivity index (χ2v) is 6.37. The van der Waals surface area contributed by atoms with E-state index in [1.54, 1.807) is 0 Å². The highest BCUT2D eigenvalue weighted by atomic mass is 16.3. The SMILES string of the molecule is C=CCCCCCCC1(O)CC2CCCC(C1)N2. The van der Waals surface area contributed by atoms with E-state index in [0.29, 0.717) is 12.1 Å². The number of hydrogen-bond donors (Lipinski definition) is 2. The number of nitrogens with one attached hydrogen (secondary N) is 1. The smallest absolute Gasteiger partial charge is 0.0677 e. The fraction of sp³-hybridized carbons (Fsp3) is 0.875. The lowest BCUT2D eigenvalue weighted by atomic mass is 9.75. The van der Waals surface area contributed by atoms with Crippen LogP contribution in [0.4, 0.5) is 0 Å². The lowest BCUT2D eigenvalue weighted by Crippen LogP contribution is -2.55. The Labute approximate surface area is 112 Å². The molecule has 2 atom stereocenters. The first-order chi connectivity index (χ1) is 8.72. The minimum Gasteiger partial charge on any atom is -0.390 e. The van der Waals surface area contributed by atoms with Gasteiger partial charge in [0.2, 0.25) is 0 Å². The molecule has 104 valence electrons. The van der Waals surface area contributed by atoms with Gasteiger partial charge in [0, 0.05) is 12.1 Å². The minimum absolute atomic E-state index is 0.362. The van der Waals surface area contributed by atoms with E-state index in [-0.39, 0.29) is 5.60 Å². The van der Waals surface area contributed by atoms with Gasteiger partial charge in [0.15, 0.2) is 0 Å². The largest absolute Gasteiger partial charge is 0.390 e. The van der Waals surface area contributed by atoms with Crippen molar-refractivity contribution in [2.24, 2.45) is 0 Å². The summed E-state index contributed by atoms with van der Waals surface area (Å²) >= 11 is 0. The van der Waals surface area contributed by atoms with Crippen molar-refractivity contribution in [1.29, 1.82) is 0 Å². The summed E-state index contributed by atoms with van der Waals surface area (Å²) < 4.78 is 0. The highest BCUT2D eigenvalue weighted by Gasteiger charge is 2.39. The minimum atomic E-state index is -0.362. The molecule has 0 radical (unpaired) electrons. The second kappa shape index (κ2) is 6.72. The highest BCUT2D eigenvalue weighted by molar-refractivity contribution is 4.97. The number of piperidine rings is 2. The molecule has 18 heavy (non-hydrogen) atoms. The number of fused-ring (bicyclic) bond motifs is 2. The van der Waals surface area contributed by atoms with Crippen LogP contribution in [0.2, 0.25) is 0 Å². The molecule has 2 unspecified atom stereocenters. The Hall–Kier alpha value is -0.340. The van der Waals surface area contributed by atoms with Gasteiger partial charge in [-0.3, -0.25) is 0 Å². The van der Waals surface area contributed by atoms with Crippen molar-refractivity contribution in [2.45, 2.75) is 88.3 Å². The van der Waals surface area contributed by atoms with E-state index >= 15 is 0 Å². The molecule has 2 heterocycles. The molecule has 0 aromatic rings. The summed E-state index contributed by atoms with van der Waals surface area (Å²) in [6.07, 6.45) is 15.0. The van der Waals surface area contributed by atoms with E-state index in [2.05, 4.69) is 11.9 Å². The second-order valence-electron chi connectivity index (χ2n) is 6.37. The van der Waals surface area contributed by atoms with Gasteiger partial charge in [-0.1, -0.05) is 31.8 Å². The quantitative estimate of drug-likeness (QED) is 0.536. The molecule has 2 heteroatoms. The van der Waals surface area contributed by atoms with Gasteiger partial charge in [0.25, 0.3) is 0 Å². The maximum atomic E-state index is 10.7. The first-order valence-corrected chi connectivity index (χ1v) is 7.81. The predicted octanol–water partition coefficient (Wildman–Crippen LogP) is 3.55. The van der Waals surface area contributed by atoms with Crippen LogP contribution in [0.15, 0.2) is 12.7 Å². The first-order valence-electron chi connectivity index (χ1n) is 7.81. The summed E-state index contributed by atoms with van der Waals surface area (Å²) in [5.74, 6) is 0. The fourth-order valence-electron chi connectivity index (χ4n) is 3.73. The van der Waals surface area contributed by atoms with E-state index < -0.39 is 0 Å². The van der Waals surface area contributed by atoms with Crippen LogP contribution >= 0.6 is 0 Å². The van der Waals surface area contributed by atoms with Crippen molar-refractivity contribution in [3.05, 3.63) is 12.7 Å². The molecule has 0 amide bonds. The summed E-state index contributed by atoms with van der Waals surface area (Å²) in [5.41, 5.74) is -0.362. The molecule has 0 aliphatic carbocycles. The van der Waals surface area contributed by atoms with Gasteiger partial charge in [-0.2, -0.15) is 0 Å². The Morgan fingerprint density at radius 1 is 1.11 bits per heavy atom. The molecule has 2 rings (SSSR count). The lowest BCUT2D eigenvalue weighted by Gasteiger charge is -2.45. The third-order valence-electron chi connectivity index (χ3n) is 4.63. The van der Waals surface area contributed by atoms with Gasteiger partial charge in [0.05, 0.1) is 5.60 Å². The molecule has 2 nitrogen and oxygen atoms in total. The maximum Gasteiger partial charge on any atom is 0.0677 e. The van der Waals surface area contributed by atoms with E-state index in [0.717, 1.165) is 25.7 Å². The van der Waals surface area contributed by atoms with Crippen LogP contribution in [0.1, 0.15) is 70.6 Å². The van der Waals surface area contributed by atoms with E-state index in [9.17, 15) is 5.11 Å². The Morgan fingerprint density at radius 2 is 1.78 bits per heavy atom. The number of rotatable bonds is 7. The third-order valence-corrected chi connectivity index (χ3v) is 4.63. The molecule has 2 bridgehead atoms. The summed E-state index contributed by atoms with van der Waals surface area (Å²) in [7, 11) is 0. The molecule has 2 fully saturated rings. The van der Waals surface area contributed by atoms with Crippen LogP contribution in [-0.4, -0.2) is 22.8 Å². The summed E-state index contributed by atoms with van der Waals surface area (Å²) in [5, 5.41) is 14.4. The van der Waals surface area contributed by atoms with Crippen LogP contribution in [0.25, 0.3) is 0 Å². The van der Waals surface area contributed by atoms with Crippen LogP contribution in [0.3, 0.4) is 0 Å². The predicted molar refractivity (Wildman–Crippen MR) is 76.6 cm³/mol. The van der Waals surface area contributed by atoms with Crippen molar-refractivity contribution in [3.63, 3.8) is 0 Å². The van der Waals surface area contributed by atoms with Gasteiger partial charge in [-0.25, -0.2) is 0 Å². The number of allylic oxidation sites excluding steroid dienone is 1. The Morgan fingerprint density at radius 3 is 2.44 bits per heavy atom. The average Bonchev–Trinajstić information content (AvgIpc) is 2.33. The summed E-state index contributed by atoms with van der Waals surface area (Å²) in [6.45, 7) is 3.75. The van der Waals surface area contributed by atoms with Gasteiger partial charge >= 0.3 is 0 Å². The standard InChI is InChI=1S/C16H29NO/c1-2-3-4-5-6-7-11-16(18)12-14-9-8-10-15(13-16)17-14/h2,14-15,17-18H,1,3-13H2. The molecule has 2 N–H and O–H groups in total. The van der Waals surface area contributed by atoms with Crippen LogP contribution in [0, 0.1) is 0 Å². The molecule has 2 aliphatic heterocycles. The van der Waals surface area contributed by atoms with Gasteiger partial charge in [0.1, 0.15) is 0 Å². The molecule has 0 spiro atoms. The molecule has 0 aromatic heterocycles. The molecule has 2 saturated heterocycles. The molecule has 0 aromatic carbocycles. The van der Waals surface area contributed by atoms with E-state index in [1.807, 2.05) is 6.08 Å². The Balaban J connectivity index is 1.66.